The molecule has 0 atom stereocenters. The van der Waals surface area contributed by atoms with E-state index in [1.165, 1.54) is 0 Å². The van der Waals surface area contributed by atoms with Gasteiger partial charge in [-0.3, -0.25) is 14.4 Å². The molecule has 0 amide bonds. The van der Waals surface area contributed by atoms with Gasteiger partial charge < -0.3 is 56.2 Å². The minimum Gasteiger partial charge on any atom is -0.465 e. The van der Waals surface area contributed by atoms with Crippen molar-refractivity contribution in [2.75, 3.05) is 140 Å². The van der Waals surface area contributed by atoms with Crippen LogP contribution < -0.4 is 15.3 Å². The highest BCUT2D eigenvalue weighted by Crippen LogP contribution is 2.75. The van der Waals surface area contributed by atoms with Crippen molar-refractivity contribution in [3.63, 3.8) is 0 Å². The third-order valence-electron chi connectivity index (χ3n) is 5.72. The van der Waals surface area contributed by atoms with Gasteiger partial charge in [-0.05, 0) is 20.8 Å². The Hall–Kier alpha value is -1.38. The molecule has 21 nitrogen and oxygen atoms in total. The molecule has 1 heterocycles. The van der Waals surface area contributed by atoms with Gasteiger partial charge in [0.1, 0.15) is 19.6 Å². The van der Waals surface area contributed by atoms with Crippen LogP contribution in [0.5, 0.6) is 0 Å². The van der Waals surface area contributed by atoms with E-state index < -0.39 is 40.7 Å². The van der Waals surface area contributed by atoms with Crippen LogP contribution in [0.3, 0.4) is 0 Å². The zero-order valence-corrected chi connectivity index (χ0v) is 33.2. The van der Waals surface area contributed by atoms with Crippen LogP contribution in [0.25, 0.3) is 0 Å². The van der Waals surface area contributed by atoms with Crippen molar-refractivity contribution in [3.8, 4) is 0 Å². The molecule has 0 fully saturated rings. The summed E-state index contributed by atoms with van der Waals surface area (Å²) in [7, 11) is -6.63. The summed E-state index contributed by atoms with van der Waals surface area (Å²) in [5.74, 6) is -1.84. The van der Waals surface area contributed by atoms with E-state index in [0.717, 1.165) is 0 Å². The Morgan fingerprint density at radius 3 is 0.922 bits per heavy atom. The number of esters is 3. The first kappa shape index (κ1) is 47.6. The first-order valence-corrected chi connectivity index (χ1v) is 21.3. The molecule has 1 rings (SSSR count). The van der Waals surface area contributed by atoms with Crippen molar-refractivity contribution in [1.82, 2.24) is 15.3 Å². The number of hydrogen-bond donors (Lipinski definition) is 3. The molecule has 24 heteroatoms. The molecule has 0 aliphatic carbocycles. The molecule has 0 saturated heterocycles. The maximum absolute atomic E-state index is 12.6. The van der Waals surface area contributed by atoms with E-state index in [1.54, 1.807) is 42.1 Å². The summed E-state index contributed by atoms with van der Waals surface area (Å²) in [6.45, 7) is 6.29. The molecule has 300 valence electrons. The molecule has 0 bridgehead atoms. The van der Waals surface area contributed by atoms with Crippen molar-refractivity contribution in [1.29, 1.82) is 0 Å². The summed E-state index contributed by atoms with van der Waals surface area (Å²) in [4.78, 5) is 37.9. The summed E-state index contributed by atoms with van der Waals surface area (Å²) >= 11 is 0. The lowest BCUT2D eigenvalue weighted by atomic mass is 10.7. The lowest BCUT2D eigenvalue weighted by Crippen LogP contribution is -2.29. The molecule has 0 aromatic rings. The minimum absolute atomic E-state index is 0.0592. The van der Waals surface area contributed by atoms with E-state index >= 15 is 0 Å². The fourth-order valence-corrected chi connectivity index (χ4v) is 13.9. The van der Waals surface area contributed by atoms with Gasteiger partial charge in [0.25, 0.3) is 22.7 Å². The number of carbonyl (C=O) groups excluding carboxylic acids is 3. The molecule has 3 N–H and O–H groups in total. The highest BCUT2D eigenvalue weighted by molar-refractivity contribution is 7.81. The van der Waals surface area contributed by atoms with Crippen LogP contribution in [-0.2, 0) is 70.6 Å². The van der Waals surface area contributed by atoms with Gasteiger partial charge in [0, 0.05) is 21.3 Å². The fourth-order valence-electron chi connectivity index (χ4n) is 3.57. The van der Waals surface area contributed by atoms with Crippen LogP contribution in [0, 0.1) is 0 Å². The number of rotatable bonds is 33. The average molecular weight is 799 g/mol. The van der Waals surface area contributed by atoms with E-state index in [0.29, 0.717) is 39.6 Å². The third-order valence-corrected chi connectivity index (χ3v) is 14.9. The molecule has 0 aromatic heterocycles. The third kappa shape index (κ3) is 21.2. The number of nitrogens with zero attached hydrogens (tertiary/aromatic N) is 3. The zero-order valence-electron chi connectivity index (χ0n) is 30.5. The molecule has 0 radical (unpaired) electrons. The number of carbonyl (C=O) groups is 3. The molecule has 1 aliphatic heterocycles. The second-order valence-electron chi connectivity index (χ2n) is 9.64. The Bertz CT molecular complexity index is 1010. The molecular weight excluding hydrogens is 741 g/mol. The summed E-state index contributed by atoms with van der Waals surface area (Å²) in [6.07, 6.45) is 0. The molecule has 0 unspecified atom stereocenters. The minimum atomic E-state index is -3.76. The smallest absolute Gasteiger partial charge is 0.320 e. The quantitative estimate of drug-likeness (QED) is 0.0374. The van der Waals surface area contributed by atoms with E-state index in [4.69, 9.17) is 69.7 Å². The van der Waals surface area contributed by atoms with Gasteiger partial charge in [-0.25, -0.2) is 15.3 Å². The van der Waals surface area contributed by atoms with Crippen molar-refractivity contribution >= 4 is 40.7 Å². The molecule has 1 aliphatic rings. The first-order chi connectivity index (χ1) is 24.7. The van der Waals surface area contributed by atoms with Gasteiger partial charge in [0.05, 0.1) is 99.1 Å². The maximum Gasteiger partial charge on any atom is 0.320 e. The summed E-state index contributed by atoms with van der Waals surface area (Å²) in [6, 6.07) is 0. The normalized spacial score (nSPS) is 21.3. The fraction of sp³-hybridized carbons (Fsp3) is 0.889. The van der Waals surface area contributed by atoms with Crippen LogP contribution in [0.4, 0.5) is 0 Å². The van der Waals surface area contributed by atoms with Gasteiger partial charge in [-0.15, -0.1) is 0 Å². The van der Waals surface area contributed by atoms with Gasteiger partial charge in [-0.2, -0.15) is 13.5 Å². The Morgan fingerprint density at radius 1 is 0.431 bits per heavy atom. The highest BCUT2D eigenvalue weighted by Gasteiger charge is 2.41. The van der Waals surface area contributed by atoms with E-state index in [-0.39, 0.29) is 79.1 Å². The van der Waals surface area contributed by atoms with Gasteiger partial charge in [0.2, 0.25) is 0 Å². The molecule has 0 spiro atoms. The van der Waals surface area contributed by atoms with Crippen LogP contribution in [0.15, 0.2) is 13.5 Å². The molecule has 51 heavy (non-hydrogen) atoms. The highest BCUT2D eigenvalue weighted by atomic mass is 31.3. The van der Waals surface area contributed by atoms with E-state index in [2.05, 4.69) is 15.3 Å². The second kappa shape index (κ2) is 29.0. The number of ether oxygens (including phenoxy) is 9. The van der Waals surface area contributed by atoms with Crippen LogP contribution in [-0.4, -0.2) is 158 Å². The average Bonchev–Trinajstić information content (AvgIpc) is 3.11. The van der Waals surface area contributed by atoms with E-state index in [1.807, 2.05) is 0 Å². The van der Waals surface area contributed by atoms with Gasteiger partial charge in [0.15, 0.2) is 0 Å². The molecule has 0 saturated carbocycles. The predicted octanol–water partition coefficient (Wildman–Crippen LogP) is 2.34. The number of hydrogen-bond acceptors (Lipinski definition) is 21. The van der Waals surface area contributed by atoms with Crippen LogP contribution >= 0.6 is 22.7 Å². The van der Waals surface area contributed by atoms with Crippen LogP contribution in [0.1, 0.15) is 20.8 Å². The Balaban J connectivity index is 3.89. The monoisotopic (exact) mass is 798 g/mol. The maximum atomic E-state index is 12.6. The van der Waals surface area contributed by atoms with Gasteiger partial charge >= 0.3 is 17.9 Å². The topological polar surface area (TPSA) is 235 Å². The number of nitrogens with one attached hydrogen (secondary N) is 3. The standard InChI is InChI=1S/C27H57N6O15P3/c1-7-43-25(34)22-28-49(46-19-16-40-13-10-37-4)31-50(29-23-26(35)44-8-2,47-20-17-41-14-11-38-5)33-51(32-49,30-24-27(36)45-9-3)48-21-18-42-15-12-39-6/h28-30H,7-24H2,1-6H3. The van der Waals surface area contributed by atoms with Crippen LogP contribution in [0.2, 0.25) is 0 Å². The largest absolute Gasteiger partial charge is 0.465 e. The lowest BCUT2D eigenvalue weighted by Gasteiger charge is -2.35. The predicted molar refractivity (Wildman–Crippen MR) is 188 cm³/mol. The van der Waals surface area contributed by atoms with Crippen molar-refractivity contribution in [3.05, 3.63) is 0 Å². The first-order valence-electron chi connectivity index (χ1n) is 16.4. The number of methoxy groups -OCH3 is 3. The molecular formula is C27H57N6O15P3. The van der Waals surface area contributed by atoms with E-state index in [9.17, 15) is 14.4 Å². The zero-order chi connectivity index (χ0) is 37.7. The Labute approximate surface area is 300 Å². The Morgan fingerprint density at radius 2 is 0.686 bits per heavy atom. The second-order valence-corrected chi connectivity index (χ2v) is 16.8. The van der Waals surface area contributed by atoms with Crippen molar-refractivity contribution < 1.29 is 70.6 Å². The summed E-state index contributed by atoms with van der Waals surface area (Å²) < 4.78 is 81.1. The summed E-state index contributed by atoms with van der Waals surface area (Å²) in [5, 5.41) is 9.07. The van der Waals surface area contributed by atoms with Gasteiger partial charge in [-0.1, -0.05) is 0 Å². The molecule has 0 aromatic carbocycles. The lowest BCUT2D eigenvalue weighted by molar-refractivity contribution is -0.142. The SMILES string of the molecule is CCOC(=O)CNP1(OCCOCCOC)=NP(NCC(=O)OCC)(OCCOCCOC)=NP(NCC(=O)OCC)(OCCOCCOC)=N1. The summed E-state index contributed by atoms with van der Waals surface area (Å²) in [5.41, 5.74) is 0. The van der Waals surface area contributed by atoms with Crippen molar-refractivity contribution in [2.24, 2.45) is 13.5 Å². The Kier molecular flexibility index (Phi) is 27.1. The van der Waals surface area contributed by atoms with Crippen molar-refractivity contribution in [2.45, 2.75) is 20.8 Å².